The molecule has 1 aromatic carbocycles. The topological polar surface area (TPSA) is 59.2 Å². The summed E-state index contributed by atoms with van der Waals surface area (Å²) < 4.78 is 14.0. The highest BCUT2D eigenvalue weighted by molar-refractivity contribution is 6.06. The zero-order chi connectivity index (χ0) is 15.2. The summed E-state index contributed by atoms with van der Waals surface area (Å²) in [6.07, 6.45) is 2.18. The molecule has 2 aromatic rings. The van der Waals surface area contributed by atoms with Gasteiger partial charge in [-0.15, -0.1) is 0 Å². The number of nitrogens with zero attached hydrogens (tertiary/aromatic N) is 2. The predicted molar refractivity (Wildman–Crippen MR) is 80.7 cm³/mol. The van der Waals surface area contributed by atoms with Gasteiger partial charge in [-0.1, -0.05) is 12.1 Å². The van der Waals surface area contributed by atoms with E-state index in [0.29, 0.717) is 25.1 Å². The first-order valence-corrected chi connectivity index (χ1v) is 6.82. The molecule has 0 saturated heterocycles. The Morgan fingerprint density at radius 2 is 2.10 bits per heavy atom. The van der Waals surface area contributed by atoms with E-state index in [2.05, 4.69) is 4.98 Å². The van der Waals surface area contributed by atoms with E-state index in [1.165, 1.54) is 11.0 Å². The van der Waals surface area contributed by atoms with Crippen LogP contribution in [0.25, 0.3) is 0 Å². The van der Waals surface area contributed by atoms with Gasteiger partial charge in [0.25, 0.3) is 5.91 Å². The maximum Gasteiger partial charge on any atom is 0.258 e. The number of rotatable bonds is 5. The Hall–Kier alpha value is -2.27. The number of pyridine rings is 1. The number of carbonyl (C=O) groups excluding carboxylic acids is 1. The standard InChI is InChI=1S/C16H18FN3O/c1-12-11-13(7-9-19-12)16(21)20(10-4-8-18)15-6-3-2-5-14(15)17/h2-3,5-7,9,11H,4,8,10,18H2,1H3. The van der Waals surface area contributed by atoms with Crippen LogP contribution in [-0.4, -0.2) is 24.0 Å². The number of aromatic nitrogens is 1. The highest BCUT2D eigenvalue weighted by Gasteiger charge is 2.20. The molecule has 0 aliphatic carbocycles. The molecule has 0 bridgehead atoms. The smallest absolute Gasteiger partial charge is 0.258 e. The van der Waals surface area contributed by atoms with Crippen LogP contribution in [0.1, 0.15) is 22.5 Å². The first kappa shape index (κ1) is 15.1. The van der Waals surface area contributed by atoms with Crippen LogP contribution in [0.3, 0.4) is 0 Å². The maximum atomic E-state index is 14.0. The van der Waals surface area contributed by atoms with Crippen molar-refractivity contribution in [2.45, 2.75) is 13.3 Å². The van der Waals surface area contributed by atoms with E-state index < -0.39 is 5.82 Å². The van der Waals surface area contributed by atoms with Gasteiger partial charge in [-0.25, -0.2) is 4.39 Å². The van der Waals surface area contributed by atoms with Crippen LogP contribution in [0.4, 0.5) is 10.1 Å². The molecule has 4 nitrogen and oxygen atoms in total. The summed E-state index contributed by atoms with van der Waals surface area (Å²) in [6.45, 7) is 2.62. The molecule has 0 aliphatic heterocycles. The lowest BCUT2D eigenvalue weighted by atomic mass is 10.1. The quantitative estimate of drug-likeness (QED) is 0.919. The minimum Gasteiger partial charge on any atom is -0.330 e. The van der Waals surface area contributed by atoms with E-state index >= 15 is 0 Å². The average molecular weight is 287 g/mol. The molecule has 21 heavy (non-hydrogen) atoms. The average Bonchev–Trinajstić information content (AvgIpc) is 2.49. The molecule has 5 heteroatoms. The Balaban J connectivity index is 2.36. The van der Waals surface area contributed by atoms with Crippen molar-refractivity contribution in [3.63, 3.8) is 0 Å². The molecule has 0 saturated carbocycles. The second kappa shape index (κ2) is 6.95. The molecule has 0 unspecified atom stereocenters. The lowest BCUT2D eigenvalue weighted by Gasteiger charge is -2.23. The predicted octanol–water partition coefficient (Wildman–Crippen LogP) is 2.52. The van der Waals surface area contributed by atoms with Gasteiger partial charge in [0.2, 0.25) is 0 Å². The molecule has 2 N–H and O–H groups in total. The number of benzene rings is 1. The number of carbonyl (C=O) groups is 1. The van der Waals surface area contributed by atoms with Gasteiger partial charge in [-0.05, 0) is 44.2 Å². The zero-order valence-electron chi connectivity index (χ0n) is 11.9. The van der Waals surface area contributed by atoms with Gasteiger partial charge in [-0.2, -0.15) is 0 Å². The number of amides is 1. The number of halogens is 1. The molecule has 110 valence electrons. The normalized spacial score (nSPS) is 10.4. The lowest BCUT2D eigenvalue weighted by molar-refractivity contribution is 0.0985. The van der Waals surface area contributed by atoms with Gasteiger partial charge in [0, 0.05) is 24.0 Å². The van der Waals surface area contributed by atoms with Crippen LogP contribution in [0.2, 0.25) is 0 Å². The van der Waals surface area contributed by atoms with E-state index in [1.807, 2.05) is 6.92 Å². The monoisotopic (exact) mass is 287 g/mol. The Bertz CT molecular complexity index is 630. The van der Waals surface area contributed by atoms with Crippen LogP contribution < -0.4 is 10.6 Å². The number of hydrogen-bond donors (Lipinski definition) is 1. The molecule has 0 fully saturated rings. The highest BCUT2D eigenvalue weighted by atomic mass is 19.1. The van der Waals surface area contributed by atoms with Gasteiger partial charge in [0.15, 0.2) is 0 Å². The molecule has 1 amide bonds. The molecule has 2 rings (SSSR count). The van der Waals surface area contributed by atoms with E-state index in [-0.39, 0.29) is 11.6 Å². The van der Waals surface area contributed by atoms with Crippen molar-refractivity contribution in [1.82, 2.24) is 4.98 Å². The molecular weight excluding hydrogens is 269 g/mol. The zero-order valence-corrected chi connectivity index (χ0v) is 11.9. The van der Waals surface area contributed by atoms with Crippen molar-refractivity contribution >= 4 is 11.6 Å². The summed E-state index contributed by atoms with van der Waals surface area (Å²) in [5.41, 5.74) is 7.02. The van der Waals surface area contributed by atoms with Crippen LogP contribution in [-0.2, 0) is 0 Å². The van der Waals surface area contributed by atoms with Gasteiger partial charge < -0.3 is 10.6 Å². The minimum atomic E-state index is -0.423. The molecular formula is C16H18FN3O. The van der Waals surface area contributed by atoms with Gasteiger partial charge in [-0.3, -0.25) is 9.78 Å². The fourth-order valence-electron chi connectivity index (χ4n) is 2.09. The van der Waals surface area contributed by atoms with Gasteiger partial charge >= 0.3 is 0 Å². The number of hydrogen-bond acceptors (Lipinski definition) is 3. The molecule has 0 spiro atoms. The first-order valence-electron chi connectivity index (χ1n) is 6.82. The Kier molecular flexibility index (Phi) is 5.00. The Morgan fingerprint density at radius 3 is 2.76 bits per heavy atom. The van der Waals surface area contributed by atoms with Crippen molar-refractivity contribution in [3.05, 3.63) is 59.7 Å². The fraction of sp³-hybridized carbons (Fsp3) is 0.250. The minimum absolute atomic E-state index is 0.251. The molecule has 1 aromatic heterocycles. The molecule has 0 aliphatic rings. The third-order valence-corrected chi connectivity index (χ3v) is 3.12. The number of anilines is 1. The molecule has 0 atom stereocenters. The van der Waals surface area contributed by atoms with Crippen molar-refractivity contribution in [1.29, 1.82) is 0 Å². The van der Waals surface area contributed by atoms with Crippen LogP contribution >= 0.6 is 0 Å². The first-order chi connectivity index (χ1) is 10.1. The summed E-state index contributed by atoms with van der Waals surface area (Å²) in [5.74, 6) is -0.673. The fourth-order valence-corrected chi connectivity index (χ4v) is 2.09. The maximum absolute atomic E-state index is 14.0. The van der Waals surface area contributed by atoms with Crippen molar-refractivity contribution < 1.29 is 9.18 Å². The summed E-state index contributed by atoms with van der Waals surface area (Å²) in [4.78, 5) is 18.1. The molecule has 1 heterocycles. The summed E-state index contributed by atoms with van der Waals surface area (Å²) >= 11 is 0. The highest BCUT2D eigenvalue weighted by Crippen LogP contribution is 2.21. The van der Waals surface area contributed by atoms with Crippen molar-refractivity contribution in [3.8, 4) is 0 Å². The second-order valence-electron chi connectivity index (χ2n) is 4.74. The summed E-state index contributed by atoms with van der Waals surface area (Å²) in [7, 11) is 0. The Morgan fingerprint density at radius 1 is 1.33 bits per heavy atom. The van der Waals surface area contributed by atoms with Crippen LogP contribution in [0.15, 0.2) is 42.6 Å². The third kappa shape index (κ3) is 3.64. The SMILES string of the molecule is Cc1cc(C(=O)N(CCCN)c2ccccc2F)ccn1. The van der Waals surface area contributed by atoms with Crippen LogP contribution in [0, 0.1) is 12.7 Å². The van der Waals surface area contributed by atoms with E-state index in [1.54, 1.807) is 36.5 Å². The van der Waals surface area contributed by atoms with Gasteiger partial charge in [0.1, 0.15) is 5.82 Å². The van der Waals surface area contributed by atoms with Gasteiger partial charge in [0.05, 0.1) is 5.69 Å². The number of para-hydroxylation sites is 1. The third-order valence-electron chi connectivity index (χ3n) is 3.12. The number of nitrogens with two attached hydrogens (primary N) is 1. The van der Waals surface area contributed by atoms with Crippen LogP contribution in [0.5, 0.6) is 0 Å². The largest absolute Gasteiger partial charge is 0.330 e. The number of aryl methyl sites for hydroxylation is 1. The summed E-state index contributed by atoms with van der Waals surface area (Å²) in [6, 6.07) is 9.57. The van der Waals surface area contributed by atoms with E-state index in [4.69, 9.17) is 5.73 Å². The summed E-state index contributed by atoms with van der Waals surface area (Å²) in [5, 5.41) is 0. The lowest BCUT2D eigenvalue weighted by Crippen LogP contribution is -2.33. The van der Waals surface area contributed by atoms with Crippen molar-refractivity contribution in [2.24, 2.45) is 5.73 Å². The van der Waals surface area contributed by atoms with E-state index in [0.717, 1.165) is 5.69 Å². The second-order valence-corrected chi connectivity index (χ2v) is 4.74. The molecule has 0 radical (unpaired) electrons. The van der Waals surface area contributed by atoms with Crippen molar-refractivity contribution in [2.75, 3.05) is 18.0 Å². The van der Waals surface area contributed by atoms with E-state index in [9.17, 15) is 9.18 Å². The Labute approximate surface area is 123 Å².